The molecule has 0 bridgehead atoms. The Bertz CT molecular complexity index is 565. The Morgan fingerprint density at radius 3 is 2.71 bits per heavy atom. The summed E-state index contributed by atoms with van der Waals surface area (Å²) in [6.45, 7) is 6.61. The van der Waals surface area contributed by atoms with Gasteiger partial charge in [0.15, 0.2) is 0 Å². The number of para-hydroxylation sites is 1. The zero-order chi connectivity index (χ0) is 15.2. The Hall–Kier alpha value is -1.81. The average molecular weight is 290 g/mol. The van der Waals surface area contributed by atoms with Crippen molar-refractivity contribution in [3.8, 4) is 0 Å². The third kappa shape index (κ3) is 4.33. The minimum Gasteiger partial charge on any atom is -0.468 e. The van der Waals surface area contributed by atoms with Crippen molar-refractivity contribution in [1.29, 1.82) is 0 Å². The van der Waals surface area contributed by atoms with Crippen molar-refractivity contribution in [2.45, 2.75) is 26.9 Å². The number of anilines is 1. The maximum atomic E-state index is 13.8. The van der Waals surface area contributed by atoms with Crippen LogP contribution < -0.4 is 10.2 Å². The van der Waals surface area contributed by atoms with Crippen molar-refractivity contribution in [1.82, 2.24) is 5.32 Å². The Labute approximate surface area is 125 Å². The number of nitrogens with one attached hydrogen (secondary N) is 1. The van der Waals surface area contributed by atoms with Crippen LogP contribution in [0.2, 0.25) is 0 Å². The highest BCUT2D eigenvalue weighted by atomic mass is 19.1. The third-order valence-corrected chi connectivity index (χ3v) is 3.35. The summed E-state index contributed by atoms with van der Waals surface area (Å²) in [4.78, 5) is 1.89. The van der Waals surface area contributed by atoms with Gasteiger partial charge in [-0.3, -0.25) is 0 Å². The molecule has 4 heteroatoms. The standard InChI is InChI=1S/C17H23FN2O/c1-13(2)10-19-11-17-14(8-9-21-17)12-20(3)16-7-5-4-6-15(16)18/h4-9,13,19H,10-12H2,1-3H3. The summed E-state index contributed by atoms with van der Waals surface area (Å²) < 4.78 is 19.3. The van der Waals surface area contributed by atoms with E-state index in [0.717, 1.165) is 17.9 Å². The summed E-state index contributed by atoms with van der Waals surface area (Å²) in [5.74, 6) is 1.31. The fraction of sp³-hybridized carbons (Fsp3) is 0.412. The van der Waals surface area contributed by atoms with Gasteiger partial charge in [-0.2, -0.15) is 0 Å². The van der Waals surface area contributed by atoms with E-state index in [2.05, 4.69) is 19.2 Å². The molecule has 0 saturated heterocycles. The molecule has 0 aliphatic carbocycles. The normalized spacial score (nSPS) is 11.1. The van der Waals surface area contributed by atoms with Crippen molar-refractivity contribution >= 4 is 5.69 Å². The Morgan fingerprint density at radius 1 is 1.24 bits per heavy atom. The van der Waals surface area contributed by atoms with E-state index in [1.54, 1.807) is 18.4 Å². The average Bonchev–Trinajstić information content (AvgIpc) is 2.86. The molecule has 0 aliphatic heterocycles. The zero-order valence-electron chi connectivity index (χ0n) is 12.9. The van der Waals surface area contributed by atoms with Gasteiger partial charge in [0, 0.05) is 19.2 Å². The van der Waals surface area contributed by atoms with E-state index in [0.29, 0.717) is 24.7 Å². The lowest BCUT2D eigenvalue weighted by atomic mass is 10.2. The van der Waals surface area contributed by atoms with Gasteiger partial charge in [-0.25, -0.2) is 4.39 Å². The predicted octanol–water partition coefficient (Wildman–Crippen LogP) is 3.80. The van der Waals surface area contributed by atoms with E-state index in [9.17, 15) is 4.39 Å². The largest absolute Gasteiger partial charge is 0.468 e. The van der Waals surface area contributed by atoms with Gasteiger partial charge in [0.1, 0.15) is 11.6 Å². The van der Waals surface area contributed by atoms with E-state index >= 15 is 0 Å². The molecule has 2 aromatic rings. The molecule has 0 unspecified atom stereocenters. The fourth-order valence-corrected chi connectivity index (χ4v) is 2.24. The number of halogens is 1. The van der Waals surface area contributed by atoms with Crippen LogP contribution in [0, 0.1) is 11.7 Å². The third-order valence-electron chi connectivity index (χ3n) is 3.35. The highest BCUT2D eigenvalue weighted by molar-refractivity contribution is 5.47. The molecule has 1 aromatic carbocycles. The van der Waals surface area contributed by atoms with Crippen LogP contribution >= 0.6 is 0 Å². The summed E-state index contributed by atoms with van der Waals surface area (Å²) in [7, 11) is 1.89. The van der Waals surface area contributed by atoms with Crippen molar-refractivity contribution in [2.75, 3.05) is 18.5 Å². The first-order valence-electron chi connectivity index (χ1n) is 7.29. The minimum absolute atomic E-state index is 0.206. The van der Waals surface area contributed by atoms with Crippen LogP contribution in [0.25, 0.3) is 0 Å². The predicted molar refractivity (Wildman–Crippen MR) is 83.8 cm³/mol. The minimum atomic E-state index is -0.206. The molecule has 3 nitrogen and oxygen atoms in total. The molecule has 0 spiro atoms. The molecular formula is C17H23FN2O. The smallest absolute Gasteiger partial charge is 0.146 e. The lowest BCUT2D eigenvalue weighted by Crippen LogP contribution is -2.21. The zero-order valence-corrected chi connectivity index (χ0v) is 12.9. The maximum Gasteiger partial charge on any atom is 0.146 e. The van der Waals surface area contributed by atoms with Crippen molar-refractivity contribution in [3.05, 3.63) is 53.7 Å². The second-order valence-corrected chi connectivity index (χ2v) is 5.70. The van der Waals surface area contributed by atoms with Crippen LogP contribution in [0.3, 0.4) is 0 Å². The molecule has 1 N–H and O–H groups in total. The summed E-state index contributed by atoms with van der Waals surface area (Å²) >= 11 is 0. The van der Waals surface area contributed by atoms with Crippen LogP contribution in [-0.4, -0.2) is 13.6 Å². The monoisotopic (exact) mass is 290 g/mol. The first-order valence-corrected chi connectivity index (χ1v) is 7.29. The Balaban J connectivity index is 2.00. The van der Waals surface area contributed by atoms with Crippen molar-refractivity contribution in [3.63, 3.8) is 0 Å². The summed E-state index contributed by atoms with van der Waals surface area (Å²) in [5.41, 5.74) is 1.68. The number of hydrogen-bond donors (Lipinski definition) is 1. The van der Waals surface area contributed by atoms with E-state index in [1.807, 2.05) is 24.1 Å². The highest BCUT2D eigenvalue weighted by Crippen LogP contribution is 2.21. The van der Waals surface area contributed by atoms with Gasteiger partial charge in [0.25, 0.3) is 0 Å². The van der Waals surface area contributed by atoms with Gasteiger partial charge in [-0.15, -0.1) is 0 Å². The lowest BCUT2D eigenvalue weighted by Gasteiger charge is -2.20. The molecule has 0 saturated carbocycles. The van der Waals surface area contributed by atoms with E-state index < -0.39 is 0 Å². The van der Waals surface area contributed by atoms with Gasteiger partial charge in [-0.05, 0) is 30.7 Å². The second-order valence-electron chi connectivity index (χ2n) is 5.70. The molecule has 0 amide bonds. The summed E-state index contributed by atoms with van der Waals surface area (Å²) in [5, 5.41) is 3.37. The molecule has 1 heterocycles. The van der Waals surface area contributed by atoms with Gasteiger partial charge < -0.3 is 14.6 Å². The quantitative estimate of drug-likeness (QED) is 0.840. The van der Waals surface area contributed by atoms with Crippen LogP contribution in [-0.2, 0) is 13.1 Å². The number of nitrogens with zero attached hydrogens (tertiary/aromatic N) is 1. The molecule has 1 aromatic heterocycles. The lowest BCUT2D eigenvalue weighted by molar-refractivity contribution is 0.460. The van der Waals surface area contributed by atoms with Gasteiger partial charge >= 0.3 is 0 Å². The van der Waals surface area contributed by atoms with Gasteiger partial charge in [-0.1, -0.05) is 26.0 Å². The first kappa shape index (κ1) is 15.6. The number of rotatable bonds is 7. The van der Waals surface area contributed by atoms with Crippen LogP contribution in [0.1, 0.15) is 25.2 Å². The van der Waals surface area contributed by atoms with E-state index in [1.165, 1.54) is 6.07 Å². The Kier molecular flexibility index (Phi) is 5.39. The summed E-state index contributed by atoms with van der Waals surface area (Å²) in [6, 6.07) is 8.75. The second kappa shape index (κ2) is 7.27. The highest BCUT2D eigenvalue weighted by Gasteiger charge is 2.12. The van der Waals surface area contributed by atoms with Crippen molar-refractivity contribution in [2.24, 2.45) is 5.92 Å². The fourth-order valence-electron chi connectivity index (χ4n) is 2.24. The molecule has 0 radical (unpaired) electrons. The summed E-state index contributed by atoms with van der Waals surface area (Å²) in [6.07, 6.45) is 1.69. The molecule has 114 valence electrons. The number of benzene rings is 1. The van der Waals surface area contributed by atoms with Gasteiger partial charge in [0.2, 0.25) is 0 Å². The number of furan rings is 1. The van der Waals surface area contributed by atoms with E-state index in [-0.39, 0.29) is 5.82 Å². The van der Waals surface area contributed by atoms with Crippen molar-refractivity contribution < 1.29 is 8.81 Å². The molecule has 0 atom stereocenters. The maximum absolute atomic E-state index is 13.8. The van der Waals surface area contributed by atoms with Crippen LogP contribution in [0.15, 0.2) is 41.0 Å². The first-order chi connectivity index (χ1) is 10.1. The molecule has 21 heavy (non-hydrogen) atoms. The molecule has 0 aliphatic rings. The molecular weight excluding hydrogens is 267 g/mol. The van der Waals surface area contributed by atoms with E-state index in [4.69, 9.17) is 4.42 Å². The molecule has 0 fully saturated rings. The van der Waals surface area contributed by atoms with Crippen LogP contribution in [0.5, 0.6) is 0 Å². The topological polar surface area (TPSA) is 28.4 Å². The number of hydrogen-bond acceptors (Lipinski definition) is 3. The van der Waals surface area contributed by atoms with Gasteiger partial charge in [0.05, 0.1) is 18.5 Å². The molecule has 2 rings (SSSR count). The Morgan fingerprint density at radius 2 is 2.00 bits per heavy atom. The van der Waals surface area contributed by atoms with Crippen LogP contribution in [0.4, 0.5) is 10.1 Å². The SMILES string of the molecule is CC(C)CNCc1occc1CN(C)c1ccccc1F.